The zero-order valence-corrected chi connectivity index (χ0v) is 17.1. The Labute approximate surface area is 159 Å². The molecule has 5 heteroatoms. The summed E-state index contributed by atoms with van der Waals surface area (Å²) in [5.41, 5.74) is 1.16. The molecule has 0 fully saturated rings. The molecule has 0 saturated heterocycles. The van der Waals surface area contributed by atoms with Gasteiger partial charge in [0.2, 0.25) is 0 Å². The highest BCUT2D eigenvalue weighted by Crippen LogP contribution is 2.21. The molecule has 0 aliphatic rings. The molecule has 3 unspecified atom stereocenters. The Hall–Kier alpha value is -1.56. The predicted octanol–water partition coefficient (Wildman–Crippen LogP) is 4.00. The summed E-state index contributed by atoms with van der Waals surface area (Å²) < 4.78 is 20.3. The number of fused-ring (bicyclic) bond motifs is 1. The molecule has 4 nitrogen and oxygen atoms in total. The molecule has 0 spiro atoms. The van der Waals surface area contributed by atoms with Crippen LogP contribution in [0.4, 0.5) is 0 Å². The van der Waals surface area contributed by atoms with Crippen LogP contribution < -0.4 is 4.72 Å². The molecule has 142 valence electrons. The molecular formula is C21H29NO3S. The minimum absolute atomic E-state index is 0.0784. The van der Waals surface area contributed by atoms with Crippen molar-refractivity contribution in [1.82, 2.24) is 4.72 Å². The Bertz CT molecular complexity index is 741. The molecule has 0 amide bonds. The second-order valence-corrected chi connectivity index (χ2v) is 9.74. The topological polar surface area (TPSA) is 61.4 Å². The van der Waals surface area contributed by atoms with Crippen molar-refractivity contribution in [3.63, 3.8) is 0 Å². The zero-order chi connectivity index (χ0) is 19.3. The second kappa shape index (κ2) is 8.89. The largest absolute Gasteiger partial charge is 0.598 e. The number of hydrogen-bond acceptors (Lipinski definition) is 4. The summed E-state index contributed by atoms with van der Waals surface area (Å²) >= 11 is -1.20. The van der Waals surface area contributed by atoms with E-state index in [0.29, 0.717) is 12.8 Å². The van der Waals surface area contributed by atoms with E-state index in [2.05, 4.69) is 35.1 Å². The minimum Gasteiger partial charge on any atom is -0.598 e. The SMILES string of the molecule is COC(=O)C(C)CC(Cc1ccc2ccccc2c1)N[S+]([O-])C(C)(C)C. The van der Waals surface area contributed by atoms with Crippen molar-refractivity contribution < 1.29 is 14.1 Å². The van der Waals surface area contributed by atoms with Gasteiger partial charge in [0.1, 0.15) is 4.75 Å². The maximum Gasteiger partial charge on any atom is 0.308 e. The van der Waals surface area contributed by atoms with E-state index in [0.717, 1.165) is 5.56 Å². The lowest BCUT2D eigenvalue weighted by molar-refractivity contribution is -0.145. The third-order valence-electron chi connectivity index (χ3n) is 4.37. The molecule has 2 aromatic rings. The van der Waals surface area contributed by atoms with Gasteiger partial charge < -0.3 is 9.29 Å². The lowest BCUT2D eigenvalue weighted by atomic mass is 9.95. The quantitative estimate of drug-likeness (QED) is 0.587. The van der Waals surface area contributed by atoms with Gasteiger partial charge in [-0.3, -0.25) is 4.79 Å². The summed E-state index contributed by atoms with van der Waals surface area (Å²) in [6.07, 6.45) is 1.27. The molecule has 0 radical (unpaired) electrons. The summed E-state index contributed by atoms with van der Waals surface area (Å²) in [6.45, 7) is 7.66. The molecule has 0 aliphatic carbocycles. The molecule has 0 aliphatic heterocycles. The average molecular weight is 376 g/mol. The third kappa shape index (κ3) is 5.73. The van der Waals surface area contributed by atoms with E-state index in [1.807, 2.05) is 39.8 Å². The number of carbonyl (C=O) groups excluding carboxylic acids is 1. The molecule has 2 rings (SSSR count). The van der Waals surface area contributed by atoms with Crippen LogP contribution in [0.25, 0.3) is 10.8 Å². The van der Waals surface area contributed by atoms with Crippen LogP contribution in [0, 0.1) is 5.92 Å². The van der Waals surface area contributed by atoms with Crippen LogP contribution in [0.1, 0.15) is 39.7 Å². The van der Waals surface area contributed by atoms with Crippen LogP contribution in [-0.2, 0) is 27.3 Å². The first-order valence-corrected chi connectivity index (χ1v) is 10.1. The first kappa shape index (κ1) is 20.7. The summed E-state index contributed by atoms with van der Waals surface area (Å²) in [4.78, 5) is 11.8. The minimum atomic E-state index is -1.20. The lowest BCUT2D eigenvalue weighted by Gasteiger charge is -2.29. The van der Waals surface area contributed by atoms with Crippen molar-refractivity contribution in [3.8, 4) is 0 Å². The van der Waals surface area contributed by atoms with Gasteiger partial charge in [-0.2, -0.15) is 0 Å². The standard InChI is InChI=1S/C21H29NO3S/c1-15(20(23)25-5)12-19(22-26(24)21(2,3)4)14-16-10-11-17-8-6-7-9-18(17)13-16/h6-11,13,15,19,22H,12,14H2,1-5H3. The fourth-order valence-electron chi connectivity index (χ4n) is 2.88. The van der Waals surface area contributed by atoms with Crippen LogP contribution in [0.3, 0.4) is 0 Å². The Balaban J connectivity index is 2.19. The number of hydrogen-bond donors (Lipinski definition) is 1. The summed E-state index contributed by atoms with van der Waals surface area (Å²) in [5.74, 6) is -0.494. The van der Waals surface area contributed by atoms with E-state index >= 15 is 0 Å². The van der Waals surface area contributed by atoms with Crippen LogP contribution in [0.15, 0.2) is 42.5 Å². The predicted molar refractivity (Wildman–Crippen MR) is 108 cm³/mol. The molecule has 0 aromatic heterocycles. The number of benzene rings is 2. The van der Waals surface area contributed by atoms with Crippen molar-refractivity contribution in [2.45, 2.75) is 51.3 Å². The van der Waals surface area contributed by atoms with Crippen LogP contribution in [0.5, 0.6) is 0 Å². The van der Waals surface area contributed by atoms with Gasteiger partial charge in [-0.05, 0) is 49.9 Å². The van der Waals surface area contributed by atoms with E-state index < -0.39 is 11.4 Å². The Morgan fingerprint density at radius 1 is 1.19 bits per heavy atom. The van der Waals surface area contributed by atoms with Crippen LogP contribution in [-0.4, -0.2) is 28.4 Å². The van der Waals surface area contributed by atoms with Crippen molar-refractivity contribution in [2.24, 2.45) is 5.92 Å². The van der Waals surface area contributed by atoms with Gasteiger partial charge >= 0.3 is 5.97 Å². The molecule has 2 aromatic carbocycles. The van der Waals surface area contributed by atoms with Gasteiger partial charge in [0.15, 0.2) is 0 Å². The number of rotatable bonds is 7. The van der Waals surface area contributed by atoms with Gasteiger partial charge in [-0.15, -0.1) is 4.72 Å². The maximum absolute atomic E-state index is 12.6. The third-order valence-corrected chi connectivity index (χ3v) is 6.03. The molecule has 3 atom stereocenters. The monoisotopic (exact) mass is 375 g/mol. The van der Waals surface area contributed by atoms with Crippen molar-refractivity contribution >= 4 is 28.1 Å². The highest BCUT2D eigenvalue weighted by Gasteiger charge is 2.31. The van der Waals surface area contributed by atoms with Crippen molar-refractivity contribution in [1.29, 1.82) is 0 Å². The normalized spacial score (nSPS) is 15.5. The van der Waals surface area contributed by atoms with Gasteiger partial charge in [-0.25, -0.2) is 0 Å². The molecule has 0 bridgehead atoms. The highest BCUT2D eigenvalue weighted by molar-refractivity contribution is 7.90. The first-order valence-electron chi connectivity index (χ1n) is 8.94. The fourth-order valence-corrected chi connectivity index (χ4v) is 3.71. The first-order chi connectivity index (χ1) is 12.2. The zero-order valence-electron chi connectivity index (χ0n) is 16.2. The molecule has 0 heterocycles. The Morgan fingerprint density at radius 2 is 1.85 bits per heavy atom. The summed E-state index contributed by atoms with van der Waals surface area (Å²) in [6, 6.07) is 14.5. The van der Waals surface area contributed by atoms with Crippen molar-refractivity contribution in [2.75, 3.05) is 7.11 Å². The molecule has 0 saturated carbocycles. The average Bonchev–Trinajstić information content (AvgIpc) is 2.59. The van der Waals surface area contributed by atoms with Gasteiger partial charge in [0.05, 0.1) is 19.1 Å². The fraction of sp³-hybridized carbons (Fsp3) is 0.476. The number of methoxy groups -OCH3 is 1. The number of ether oxygens (including phenoxy) is 1. The smallest absolute Gasteiger partial charge is 0.308 e. The summed E-state index contributed by atoms with van der Waals surface area (Å²) in [5, 5.41) is 2.38. The number of esters is 1. The van der Waals surface area contributed by atoms with Crippen LogP contribution >= 0.6 is 0 Å². The number of carbonyl (C=O) groups is 1. The maximum atomic E-state index is 12.6. The van der Waals surface area contributed by atoms with Gasteiger partial charge in [0.25, 0.3) is 0 Å². The highest BCUT2D eigenvalue weighted by atomic mass is 32.2. The van der Waals surface area contributed by atoms with Gasteiger partial charge in [0, 0.05) is 11.4 Å². The van der Waals surface area contributed by atoms with Gasteiger partial charge in [-0.1, -0.05) is 49.4 Å². The molecule has 1 N–H and O–H groups in total. The molecular weight excluding hydrogens is 346 g/mol. The van der Waals surface area contributed by atoms with E-state index in [9.17, 15) is 9.35 Å². The second-order valence-electron chi connectivity index (χ2n) is 7.74. The molecule has 26 heavy (non-hydrogen) atoms. The van der Waals surface area contributed by atoms with E-state index in [1.165, 1.54) is 17.9 Å². The van der Waals surface area contributed by atoms with E-state index in [-0.39, 0.29) is 22.7 Å². The Kier molecular flexibility index (Phi) is 7.09. The lowest BCUT2D eigenvalue weighted by Crippen LogP contribution is -2.46. The number of nitrogens with one attached hydrogen (secondary N) is 1. The van der Waals surface area contributed by atoms with Crippen molar-refractivity contribution in [3.05, 3.63) is 48.0 Å². The Morgan fingerprint density at radius 3 is 2.46 bits per heavy atom. The van der Waals surface area contributed by atoms with E-state index in [1.54, 1.807) is 0 Å². The van der Waals surface area contributed by atoms with E-state index in [4.69, 9.17) is 4.74 Å². The van der Waals surface area contributed by atoms with Crippen LogP contribution in [0.2, 0.25) is 0 Å². The summed E-state index contributed by atoms with van der Waals surface area (Å²) in [7, 11) is 1.40.